The standard InChI is InChI=1S/3C2H2O4.Sr.Ti/c3*3-1(4)2(5)6;;/h3*(H,3,4)(H,5,6);;/q;;;+2;+4/p-6. The predicted octanol–water partition coefficient (Wildman–Crippen LogP) is -10.9. The number of carbonyl (C=O) groups is 6. The molecule has 102 valence electrons. The fraction of sp³-hybridized carbons (Fsp3) is 0. The molecule has 0 saturated heterocycles. The number of aliphatic carboxylic acids is 6. The van der Waals surface area contributed by atoms with Crippen LogP contribution in [0.5, 0.6) is 0 Å². The smallest absolute Gasteiger partial charge is 0.543 e. The van der Waals surface area contributed by atoms with Gasteiger partial charge in [0, 0.05) is 0 Å². The molecule has 0 N–H and O–H groups in total. The van der Waals surface area contributed by atoms with Gasteiger partial charge in [-0.1, -0.05) is 0 Å². The zero-order valence-corrected chi connectivity index (χ0v) is 14.1. The van der Waals surface area contributed by atoms with E-state index >= 15 is 0 Å². The van der Waals surface area contributed by atoms with Gasteiger partial charge in [-0.05, 0) is 0 Å². The Balaban J connectivity index is -0.0000000536. The number of carbonyl (C=O) groups excluding carboxylic acids is 6. The van der Waals surface area contributed by atoms with Crippen LogP contribution in [0, 0.1) is 0 Å². The zero-order valence-electron chi connectivity index (χ0n) is 9.11. The van der Waals surface area contributed by atoms with Gasteiger partial charge in [0.05, 0.1) is 35.8 Å². The molecule has 0 fully saturated rings. The third-order valence-electron chi connectivity index (χ3n) is 0.500. The molecule has 0 aromatic rings. The maximum absolute atomic E-state index is 8.93. The molecule has 0 radical (unpaired) electrons. The molecule has 0 amide bonds. The van der Waals surface area contributed by atoms with Crippen molar-refractivity contribution in [2.75, 3.05) is 0 Å². The van der Waals surface area contributed by atoms with Gasteiger partial charge in [0.15, 0.2) is 0 Å². The maximum atomic E-state index is 8.93. The second-order valence-corrected chi connectivity index (χ2v) is 1.72. The van der Waals surface area contributed by atoms with Gasteiger partial charge in [-0.2, -0.15) is 0 Å². The summed E-state index contributed by atoms with van der Waals surface area (Å²) in [7, 11) is 0. The Morgan fingerprint density at radius 2 is 0.450 bits per heavy atom. The van der Waals surface area contributed by atoms with E-state index in [9.17, 15) is 0 Å². The second kappa shape index (κ2) is 18.0. The predicted molar refractivity (Wildman–Crippen MR) is 35.8 cm³/mol. The van der Waals surface area contributed by atoms with Gasteiger partial charge in [0.1, 0.15) is 0 Å². The van der Waals surface area contributed by atoms with Gasteiger partial charge in [-0.3, -0.25) is 0 Å². The Labute approximate surface area is 161 Å². The second-order valence-electron chi connectivity index (χ2n) is 1.72. The molecular weight excluding hydrogens is 400 g/mol. The van der Waals surface area contributed by atoms with Crippen molar-refractivity contribution in [2.24, 2.45) is 0 Å². The average Bonchev–Trinajstić information content (AvgIpc) is 2.18. The number of hydrogen-bond acceptors (Lipinski definition) is 12. The van der Waals surface area contributed by atoms with Crippen LogP contribution in [0.15, 0.2) is 0 Å². The van der Waals surface area contributed by atoms with Crippen molar-refractivity contribution in [3.63, 3.8) is 0 Å². The molecule has 0 aliphatic rings. The Bertz CT molecular complexity index is 283. The van der Waals surface area contributed by atoms with Gasteiger partial charge < -0.3 is 59.4 Å². The Hall–Kier alpha value is -0.985. The molecule has 20 heavy (non-hydrogen) atoms. The summed E-state index contributed by atoms with van der Waals surface area (Å²) in [5.41, 5.74) is 0. The summed E-state index contributed by atoms with van der Waals surface area (Å²) < 4.78 is 0. The largest absolute Gasteiger partial charge is 4.00 e. The molecule has 0 aromatic carbocycles. The molecule has 0 aliphatic heterocycles. The summed E-state index contributed by atoms with van der Waals surface area (Å²) in [5.74, 6) is -13.1. The van der Waals surface area contributed by atoms with Gasteiger partial charge in [0.2, 0.25) is 0 Å². The van der Waals surface area contributed by atoms with Crippen LogP contribution in [-0.4, -0.2) is 81.3 Å². The third kappa shape index (κ3) is 36.0. The van der Waals surface area contributed by atoms with Crippen LogP contribution in [0.3, 0.4) is 0 Å². The molecule has 0 heterocycles. The Morgan fingerprint density at radius 3 is 0.450 bits per heavy atom. The van der Waals surface area contributed by atoms with Crippen molar-refractivity contribution < 1.29 is 81.1 Å². The van der Waals surface area contributed by atoms with E-state index in [1.807, 2.05) is 0 Å². The number of hydrogen-bond donors (Lipinski definition) is 0. The van der Waals surface area contributed by atoms with E-state index in [4.69, 9.17) is 59.4 Å². The van der Waals surface area contributed by atoms with Crippen LogP contribution in [0.1, 0.15) is 0 Å². The minimum atomic E-state index is -2.19. The summed E-state index contributed by atoms with van der Waals surface area (Å²) >= 11 is 0. The van der Waals surface area contributed by atoms with Gasteiger partial charge >= 0.3 is 67.2 Å². The first-order valence-electron chi connectivity index (χ1n) is 3.20. The van der Waals surface area contributed by atoms with Crippen molar-refractivity contribution in [3.8, 4) is 0 Å². The first kappa shape index (κ1) is 31.4. The summed E-state index contributed by atoms with van der Waals surface area (Å²) in [4.78, 5) is 53.6. The van der Waals surface area contributed by atoms with E-state index in [1.165, 1.54) is 0 Å². The minimum Gasteiger partial charge on any atom is -0.543 e. The first-order valence-corrected chi connectivity index (χ1v) is 3.20. The maximum Gasteiger partial charge on any atom is 4.00 e. The van der Waals surface area contributed by atoms with Crippen LogP contribution in [0.2, 0.25) is 0 Å². The summed E-state index contributed by atoms with van der Waals surface area (Å²) in [5, 5.41) is 53.6. The van der Waals surface area contributed by atoms with Crippen molar-refractivity contribution in [1.82, 2.24) is 0 Å². The molecule has 0 unspecified atom stereocenters. The normalized spacial score (nSPS) is 6.60. The Morgan fingerprint density at radius 1 is 0.400 bits per heavy atom. The fourth-order valence-corrected chi connectivity index (χ4v) is 0. The van der Waals surface area contributed by atoms with Crippen LogP contribution < -0.4 is 30.6 Å². The molecule has 0 rings (SSSR count). The van der Waals surface area contributed by atoms with E-state index in [-0.39, 0.29) is 67.2 Å². The molecule has 12 nitrogen and oxygen atoms in total. The fourth-order valence-electron chi connectivity index (χ4n) is 0. The van der Waals surface area contributed by atoms with E-state index in [0.29, 0.717) is 0 Å². The summed E-state index contributed by atoms with van der Waals surface area (Å²) in [6.45, 7) is 0. The molecule has 0 atom stereocenters. The molecule has 0 aliphatic carbocycles. The van der Waals surface area contributed by atoms with E-state index in [1.54, 1.807) is 0 Å². The van der Waals surface area contributed by atoms with Crippen molar-refractivity contribution in [1.29, 1.82) is 0 Å². The van der Waals surface area contributed by atoms with Crippen molar-refractivity contribution in [3.05, 3.63) is 0 Å². The van der Waals surface area contributed by atoms with Crippen molar-refractivity contribution >= 4 is 81.3 Å². The molecule has 0 spiro atoms. The SMILES string of the molecule is O=C([O-])C(=O)[O-].O=C([O-])C(=O)[O-].O=C([O-])C(=O)[O-].[Sr+2].[Ti+4]. The number of carboxylic acid groups (broad SMARTS) is 6. The van der Waals surface area contributed by atoms with E-state index in [2.05, 4.69) is 0 Å². The van der Waals surface area contributed by atoms with E-state index < -0.39 is 35.8 Å². The minimum absolute atomic E-state index is 0. The zero-order chi connectivity index (χ0) is 15.5. The Kier molecular flexibility index (Phi) is 28.3. The number of rotatable bonds is 0. The molecule has 0 bridgehead atoms. The number of carboxylic acids is 6. The first-order chi connectivity index (χ1) is 7.93. The van der Waals surface area contributed by atoms with Crippen LogP contribution in [-0.2, 0) is 50.5 Å². The molecule has 0 saturated carbocycles. The molecular formula is C6O12SrTi. The van der Waals surface area contributed by atoms with Gasteiger partial charge in [0.25, 0.3) is 0 Å². The molecule has 0 aromatic heterocycles. The van der Waals surface area contributed by atoms with Crippen molar-refractivity contribution in [2.45, 2.75) is 0 Å². The summed E-state index contributed by atoms with van der Waals surface area (Å²) in [6, 6.07) is 0. The third-order valence-corrected chi connectivity index (χ3v) is 0.500. The average molecular weight is 400 g/mol. The van der Waals surface area contributed by atoms with Gasteiger partial charge in [-0.25, -0.2) is 0 Å². The van der Waals surface area contributed by atoms with Crippen LogP contribution in [0.4, 0.5) is 0 Å². The monoisotopic (exact) mass is 400 g/mol. The van der Waals surface area contributed by atoms with E-state index in [0.717, 1.165) is 0 Å². The quantitative estimate of drug-likeness (QED) is 0.272. The van der Waals surface area contributed by atoms with Crippen LogP contribution in [0.25, 0.3) is 0 Å². The summed E-state index contributed by atoms with van der Waals surface area (Å²) in [6.07, 6.45) is 0. The molecule has 14 heteroatoms. The topological polar surface area (TPSA) is 241 Å². The van der Waals surface area contributed by atoms with Crippen LogP contribution >= 0.6 is 0 Å². The van der Waals surface area contributed by atoms with Gasteiger partial charge in [-0.15, -0.1) is 0 Å².